The number of ether oxygens (including phenoxy) is 1. The van der Waals surface area contributed by atoms with Crippen LogP contribution in [0, 0.1) is 6.92 Å². The molecule has 0 spiro atoms. The molecule has 0 aromatic heterocycles. The van der Waals surface area contributed by atoms with Crippen LogP contribution in [0.4, 0.5) is 0 Å². The number of nitrogens with zero attached hydrogens (tertiary/aromatic N) is 1. The number of carbonyl (C=O) groups is 1. The van der Waals surface area contributed by atoms with Gasteiger partial charge in [-0.2, -0.15) is 0 Å². The zero-order chi connectivity index (χ0) is 18.1. The van der Waals surface area contributed by atoms with Gasteiger partial charge in [-0.05, 0) is 38.0 Å². The molecule has 0 saturated heterocycles. The molecule has 0 bridgehead atoms. The quantitative estimate of drug-likeness (QED) is 0.288. The third kappa shape index (κ3) is 6.08. The van der Waals surface area contributed by atoms with Gasteiger partial charge in [-0.25, -0.2) is 0 Å². The molecule has 0 unspecified atom stereocenters. The number of hydrogen-bond donors (Lipinski definition) is 0. The van der Waals surface area contributed by atoms with E-state index in [4.69, 9.17) is 4.74 Å². The van der Waals surface area contributed by atoms with Crippen LogP contribution in [0.1, 0.15) is 55.5 Å². The summed E-state index contributed by atoms with van der Waals surface area (Å²) in [5.41, 5.74) is 2.58. The van der Waals surface area contributed by atoms with Gasteiger partial charge >= 0.3 is 0 Å². The van der Waals surface area contributed by atoms with Crippen LogP contribution in [0.5, 0.6) is 5.75 Å². The van der Waals surface area contributed by atoms with E-state index in [1.54, 1.807) is 11.8 Å². The highest BCUT2D eigenvalue weighted by atomic mass is 32.2. The first kappa shape index (κ1) is 20.4. The number of rotatable bonds is 11. The van der Waals surface area contributed by atoms with E-state index in [1.807, 2.05) is 37.9 Å². The van der Waals surface area contributed by atoms with Crippen molar-refractivity contribution in [1.82, 2.24) is 4.90 Å². The molecule has 3 nitrogen and oxygen atoms in total. The molecule has 132 valence electrons. The molecule has 0 N–H and O–H groups in total. The SMILES string of the molecule is C=C(C)N(C)C(=C)Sc1c(C)cc(C=O)cc1OCCCCCC. The molecular formula is C20H29NO2S. The fourth-order valence-corrected chi connectivity index (χ4v) is 3.15. The van der Waals surface area contributed by atoms with Crippen LogP contribution in [0.2, 0.25) is 0 Å². The first-order chi connectivity index (χ1) is 11.4. The van der Waals surface area contributed by atoms with Crippen molar-refractivity contribution >= 4 is 18.0 Å². The lowest BCUT2D eigenvalue weighted by Gasteiger charge is -2.22. The van der Waals surface area contributed by atoms with Crippen LogP contribution in [0.15, 0.2) is 40.9 Å². The van der Waals surface area contributed by atoms with Crippen molar-refractivity contribution in [2.24, 2.45) is 0 Å². The van der Waals surface area contributed by atoms with Crippen LogP contribution in [-0.4, -0.2) is 24.8 Å². The molecule has 0 amide bonds. The fraction of sp³-hybridized carbons (Fsp3) is 0.450. The number of aryl methyl sites for hydroxylation is 1. The molecule has 0 aliphatic rings. The van der Waals surface area contributed by atoms with E-state index in [-0.39, 0.29) is 0 Å². The van der Waals surface area contributed by atoms with E-state index in [0.29, 0.717) is 12.2 Å². The van der Waals surface area contributed by atoms with Crippen molar-refractivity contribution in [2.45, 2.75) is 51.3 Å². The molecule has 1 aromatic rings. The van der Waals surface area contributed by atoms with Crippen molar-refractivity contribution < 1.29 is 9.53 Å². The van der Waals surface area contributed by atoms with E-state index in [0.717, 1.165) is 46.1 Å². The first-order valence-corrected chi connectivity index (χ1v) is 9.21. The smallest absolute Gasteiger partial charge is 0.150 e. The third-order valence-electron chi connectivity index (χ3n) is 3.82. The monoisotopic (exact) mass is 347 g/mol. The van der Waals surface area contributed by atoms with Gasteiger partial charge in [0, 0.05) is 18.3 Å². The molecule has 24 heavy (non-hydrogen) atoms. The summed E-state index contributed by atoms with van der Waals surface area (Å²) in [6, 6.07) is 3.70. The lowest BCUT2D eigenvalue weighted by Crippen LogP contribution is -2.11. The van der Waals surface area contributed by atoms with Gasteiger partial charge in [0.2, 0.25) is 0 Å². The van der Waals surface area contributed by atoms with Gasteiger partial charge in [0.1, 0.15) is 12.0 Å². The maximum Gasteiger partial charge on any atom is 0.150 e. The Bertz CT molecular complexity index is 596. The molecular weight excluding hydrogens is 318 g/mol. The number of hydrogen-bond acceptors (Lipinski definition) is 4. The Hall–Kier alpha value is -1.68. The minimum absolute atomic E-state index is 0.638. The highest BCUT2D eigenvalue weighted by molar-refractivity contribution is 8.03. The largest absolute Gasteiger partial charge is 0.492 e. The summed E-state index contributed by atoms with van der Waals surface area (Å²) in [5.74, 6) is 0.759. The number of thioether (sulfide) groups is 1. The van der Waals surface area contributed by atoms with Gasteiger partial charge < -0.3 is 9.64 Å². The van der Waals surface area contributed by atoms with Gasteiger partial charge in [0.25, 0.3) is 0 Å². The standard InChI is InChI=1S/C20H29NO2S/c1-7-8-9-10-11-23-19-13-18(14-22)12-16(4)20(19)24-17(5)21(6)15(2)3/h12-14H,2,5,7-11H2,1,3-4,6H3. The number of allylic oxidation sites excluding steroid dienone is 1. The van der Waals surface area contributed by atoms with Crippen LogP contribution in [0.25, 0.3) is 0 Å². The molecule has 0 fully saturated rings. The summed E-state index contributed by atoms with van der Waals surface area (Å²) in [6.07, 6.45) is 5.47. The van der Waals surface area contributed by atoms with Crippen molar-refractivity contribution in [3.8, 4) is 5.75 Å². The normalized spacial score (nSPS) is 10.3. The lowest BCUT2D eigenvalue weighted by molar-refractivity contribution is 0.112. The molecule has 1 aromatic carbocycles. The molecule has 0 aliphatic heterocycles. The first-order valence-electron chi connectivity index (χ1n) is 8.39. The maximum atomic E-state index is 11.2. The predicted molar refractivity (Wildman–Crippen MR) is 104 cm³/mol. The molecule has 0 aliphatic carbocycles. The van der Waals surface area contributed by atoms with Gasteiger partial charge in [-0.15, -0.1) is 0 Å². The van der Waals surface area contributed by atoms with Gasteiger partial charge in [0.15, 0.2) is 0 Å². The van der Waals surface area contributed by atoms with Crippen LogP contribution < -0.4 is 4.74 Å². The second-order valence-electron chi connectivity index (χ2n) is 5.98. The maximum absolute atomic E-state index is 11.2. The fourth-order valence-electron chi connectivity index (χ4n) is 2.18. The number of aldehydes is 1. The summed E-state index contributed by atoms with van der Waals surface area (Å²) < 4.78 is 5.99. The van der Waals surface area contributed by atoms with E-state index in [1.165, 1.54) is 12.8 Å². The third-order valence-corrected chi connectivity index (χ3v) is 5.06. The minimum Gasteiger partial charge on any atom is -0.492 e. The summed E-state index contributed by atoms with van der Waals surface area (Å²) >= 11 is 1.55. The summed E-state index contributed by atoms with van der Waals surface area (Å²) in [7, 11) is 1.94. The van der Waals surface area contributed by atoms with E-state index in [2.05, 4.69) is 20.1 Å². The predicted octanol–water partition coefficient (Wildman–Crippen LogP) is 5.80. The molecule has 0 radical (unpaired) electrons. The molecule has 1 rings (SSSR count). The Labute approximate surface area is 150 Å². The van der Waals surface area contributed by atoms with E-state index >= 15 is 0 Å². The molecule has 0 saturated carbocycles. The number of unbranched alkanes of at least 4 members (excludes halogenated alkanes) is 3. The Morgan fingerprint density at radius 2 is 2.00 bits per heavy atom. The zero-order valence-electron chi connectivity index (χ0n) is 15.4. The second-order valence-corrected chi connectivity index (χ2v) is 7.07. The van der Waals surface area contributed by atoms with Gasteiger partial charge in [0.05, 0.1) is 16.5 Å². The Morgan fingerprint density at radius 1 is 1.29 bits per heavy atom. The van der Waals surface area contributed by atoms with Crippen molar-refractivity contribution in [3.63, 3.8) is 0 Å². The Morgan fingerprint density at radius 3 is 2.58 bits per heavy atom. The second kappa shape index (κ2) is 10.2. The van der Waals surface area contributed by atoms with Crippen LogP contribution in [-0.2, 0) is 0 Å². The van der Waals surface area contributed by atoms with E-state index in [9.17, 15) is 4.79 Å². The number of carbonyl (C=O) groups excluding carboxylic acids is 1. The Balaban J connectivity index is 2.93. The minimum atomic E-state index is 0.638. The van der Waals surface area contributed by atoms with Gasteiger partial charge in [-0.3, -0.25) is 4.79 Å². The van der Waals surface area contributed by atoms with Crippen molar-refractivity contribution in [2.75, 3.05) is 13.7 Å². The summed E-state index contributed by atoms with van der Waals surface area (Å²) in [5, 5.41) is 0.875. The average molecular weight is 348 g/mol. The highest BCUT2D eigenvalue weighted by Crippen LogP contribution is 2.39. The van der Waals surface area contributed by atoms with Crippen LogP contribution >= 0.6 is 11.8 Å². The molecule has 4 heteroatoms. The van der Waals surface area contributed by atoms with E-state index < -0.39 is 0 Å². The summed E-state index contributed by atoms with van der Waals surface area (Å²) in [4.78, 5) is 14.1. The van der Waals surface area contributed by atoms with Gasteiger partial charge in [-0.1, -0.05) is 51.1 Å². The highest BCUT2D eigenvalue weighted by Gasteiger charge is 2.14. The lowest BCUT2D eigenvalue weighted by atomic mass is 10.1. The average Bonchev–Trinajstić information content (AvgIpc) is 2.55. The van der Waals surface area contributed by atoms with Crippen LogP contribution in [0.3, 0.4) is 0 Å². The van der Waals surface area contributed by atoms with Crippen molar-refractivity contribution in [3.05, 3.63) is 47.1 Å². The topological polar surface area (TPSA) is 29.5 Å². The zero-order valence-corrected chi connectivity index (χ0v) is 16.2. The molecule has 0 heterocycles. The van der Waals surface area contributed by atoms with Crippen molar-refractivity contribution in [1.29, 1.82) is 0 Å². The number of benzene rings is 1. The summed E-state index contributed by atoms with van der Waals surface area (Å²) in [6.45, 7) is 14.9. The molecule has 0 atom stereocenters. The Kier molecular flexibility index (Phi) is 8.69.